The van der Waals surface area contributed by atoms with E-state index in [2.05, 4.69) is 0 Å². The first-order chi connectivity index (χ1) is 9.43. The zero-order chi connectivity index (χ0) is 14.3. The van der Waals surface area contributed by atoms with Crippen molar-refractivity contribution in [3.05, 3.63) is 29.6 Å². The molecule has 1 saturated heterocycles. The van der Waals surface area contributed by atoms with Crippen LogP contribution in [0.3, 0.4) is 0 Å². The summed E-state index contributed by atoms with van der Waals surface area (Å²) >= 11 is 0. The molecule has 0 spiro atoms. The Balaban J connectivity index is 1.55. The van der Waals surface area contributed by atoms with E-state index in [0.717, 1.165) is 31.2 Å². The predicted molar refractivity (Wildman–Crippen MR) is 75.7 cm³/mol. The molecule has 20 heavy (non-hydrogen) atoms. The highest BCUT2D eigenvalue weighted by Crippen LogP contribution is 2.42. The van der Waals surface area contributed by atoms with Crippen LogP contribution in [0.25, 0.3) is 0 Å². The van der Waals surface area contributed by atoms with Crippen molar-refractivity contribution in [3.8, 4) is 0 Å². The Bertz CT molecular complexity index is 487. The van der Waals surface area contributed by atoms with Gasteiger partial charge in [0, 0.05) is 5.69 Å². The van der Waals surface area contributed by atoms with E-state index in [1.807, 2.05) is 13.8 Å². The first-order valence-corrected chi connectivity index (χ1v) is 7.32. The van der Waals surface area contributed by atoms with Crippen molar-refractivity contribution in [2.75, 3.05) is 5.73 Å². The third-order valence-corrected chi connectivity index (χ3v) is 4.34. The summed E-state index contributed by atoms with van der Waals surface area (Å²) in [6, 6.07) is 4.59. The number of hydrogen-bond donors (Lipinski definition) is 1. The average Bonchev–Trinajstić information content (AvgIpc) is 2.83. The van der Waals surface area contributed by atoms with E-state index in [1.54, 1.807) is 12.1 Å². The third-order valence-electron chi connectivity index (χ3n) is 4.34. The van der Waals surface area contributed by atoms with Crippen LogP contribution in [-0.2, 0) is 15.9 Å². The van der Waals surface area contributed by atoms with E-state index in [1.165, 1.54) is 6.07 Å². The van der Waals surface area contributed by atoms with E-state index < -0.39 is 5.79 Å². The van der Waals surface area contributed by atoms with Gasteiger partial charge in [-0.25, -0.2) is 4.39 Å². The van der Waals surface area contributed by atoms with Crippen LogP contribution in [0.5, 0.6) is 0 Å². The number of halogens is 1. The van der Waals surface area contributed by atoms with Crippen molar-refractivity contribution in [3.63, 3.8) is 0 Å². The van der Waals surface area contributed by atoms with E-state index in [-0.39, 0.29) is 18.0 Å². The average molecular weight is 279 g/mol. The molecule has 110 valence electrons. The van der Waals surface area contributed by atoms with Crippen molar-refractivity contribution in [1.82, 2.24) is 0 Å². The number of anilines is 1. The summed E-state index contributed by atoms with van der Waals surface area (Å²) < 4.78 is 25.0. The van der Waals surface area contributed by atoms with E-state index in [4.69, 9.17) is 15.2 Å². The van der Waals surface area contributed by atoms with Crippen molar-refractivity contribution < 1.29 is 13.9 Å². The van der Waals surface area contributed by atoms with Gasteiger partial charge in [-0.15, -0.1) is 0 Å². The number of nitrogen functional groups attached to an aromatic ring is 1. The van der Waals surface area contributed by atoms with Gasteiger partial charge >= 0.3 is 0 Å². The smallest absolute Gasteiger partial charge is 0.163 e. The van der Waals surface area contributed by atoms with Crippen LogP contribution in [0.2, 0.25) is 0 Å². The van der Waals surface area contributed by atoms with Gasteiger partial charge in [-0.1, -0.05) is 0 Å². The van der Waals surface area contributed by atoms with Crippen molar-refractivity contribution in [1.29, 1.82) is 0 Å². The maximum absolute atomic E-state index is 13.2. The van der Waals surface area contributed by atoms with E-state index in [0.29, 0.717) is 11.6 Å². The van der Waals surface area contributed by atoms with Gasteiger partial charge in [-0.2, -0.15) is 0 Å². The molecule has 1 unspecified atom stereocenters. The minimum atomic E-state index is -0.437. The number of rotatable bonds is 3. The molecule has 0 amide bonds. The van der Waals surface area contributed by atoms with Gasteiger partial charge < -0.3 is 15.2 Å². The van der Waals surface area contributed by atoms with Crippen molar-refractivity contribution >= 4 is 5.69 Å². The zero-order valence-corrected chi connectivity index (χ0v) is 12.1. The molecule has 1 aromatic carbocycles. The summed E-state index contributed by atoms with van der Waals surface area (Å²) in [7, 11) is 0. The number of ether oxygens (including phenoxy) is 2. The first-order valence-electron chi connectivity index (χ1n) is 7.32. The molecular weight excluding hydrogens is 257 g/mol. The second kappa shape index (κ2) is 5.01. The molecule has 1 heterocycles. The Morgan fingerprint density at radius 1 is 1.25 bits per heavy atom. The fraction of sp³-hybridized carbons (Fsp3) is 0.625. The Morgan fingerprint density at radius 3 is 2.55 bits per heavy atom. The molecule has 2 fully saturated rings. The molecule has 1 aliphatic heterocycles. The number of fused-ring (bicyclic) bond motifs is 1. The fourth-order valence-corrected chi connectivity index (χ4v) is 3.45. The molecule has 2 aliphatic rings. The van der Waals surface area contributed by atoms with E-state index >= 15 is 0 Å². The summed E-state index contributed by atoms with van der Waals surface area (Å²) in [4.78, 5) is 0. The van der Waals surface area contributed by atoms with Crippen LogP contribution >= 0.6 is 0 Å². The maximum Gasteiger partial charge on any atom is 0.163 e. The molecule has 3 nitrogen and oxygen atoms in total. The summed E-state index contributed by atoms with van der Waals surface area (Å²) in [6.07, 6.45) is 4.33. The van der Waals surface area contributed by atoms with Crippen LogP contribution in [-0.4, -0.2) is 18.0 Å². The van der Waals surface area contributed by atoms with Gasteiger partial charge in [-0.05, 0) is 69.2 Å². The fourth-order valence-electron chi connectivity index (χ4n) is 3.45. The first kappa shape index (κ1) is 13.8. The Kier molecular flexibility index (Phi) is 3.46. The molecule has 1 aliphatic carbocycles. The lowest BCUT2D eigenvalue weighted by molar-refractivity contribution is -0.153. The second-order valence-corrected chi connectivity index (χ2v) is 6.43. The highest BCUT2D eigenvalue weighted by Gasteiger charge is 2.46. The molecule has 2 N–H and O–H groups in total. The number of benzene rings is 1. The molecule has 0 bridgehead atoms. The predicted octanol–water partition coefficient (Wildman–Crippen LogP) is 3.27. The molecular formula is C16H22FNO2. The largest absolute Gasteiger partial charge is 0.399 e. The minimum absolute atomic E-state index is 0.217. The number of hydrogen-bond acceptors (Lipinski definition) is 3. The van der Waals surface area contributed by atoms with E-state index in [9.17, 15) is 4.39 Å². The quantitative estimate of drug-likeness (QED) is 0.864. The second-order valence-electron chi connectivity index (χ2n) is 6.43. The Hall–Kier alpha value is -1.13. The standard InChI is InChI=1S/C16H22FNO2/c1-16(2)19-14-7-10(8-15(14)20-16)3-4-11-9-12(17)5-6-13(11)18/h5-6,9-10,14-15H,3-4,7-8,18H2,1-2H3/t10?,14-,15+. The molecule has 4 heteroatoms. The van der Waals surface area contributed by atoms with Gasteiger partial charge in [0.15, 0.2) is 5.79 Å². The number of nitrogens with two attached hydrogens (primary N) is 1. The molecule has 3 atom stereocenters. The van der Waals surface area contributed by atoms with Crippen LogP contribution < -0.4 is 5.73 Å². The van der Waals surface area contributed by atoms with Gasteiger partial charge in [0.2, 0.25) is 0 Å². The normalized spacial score (nSPS) is 31.4. The highest BCUT2D eigenvalue weighted by molar-refractivity contribution is 5.46. The topological polar surface area (TPSA) is 44.5 Å². The summed E-state index contributed by atoms with van der Waals surface area (Å²) in [5, 5.41) is 0. The summed E-state index contributed by atoms with van der Waals surface area (Å²) in [5.74, 6) is -0.0810. The molecule has 3 rings (SSSR count). The van der Waals surface area contributed by atoms with Gasteiger partial charge in [-0.3, -0.25) is 0 Å². The van der Waals surface area contributed by atoms with Gasteiger partial charge in [0.1, 0.15) is 5.82 Å². The lowest BCUT2D eigenvalue weighted by atomic mass is 9.97. The SMILES string of the molecule is CC1(C)O[C@H]2CC(CCc3cc(F)ccc3N)C[C@H]2O1. The molecule has 0 aromatic heterocycles. The van der Waals surface area contributed by atoms with Crippen LogP contribution in [0.4, 0.5) is 10.1 Å². The number of aryl methyl sites for hydroxylation is 1. The van der Waals surface area contributed by atoms with Crippen molar-refractivity contribution in [2.24, 2.45) is 5.92 Å². The van der Waals surface area contributed by atoms with Gasteiger partial charge in [0.25, 0.3) is 0 Å². The Morgan fingerprint density at radius 2 is 1.90 bits per heavy atom. The maximum atomic E-state index is 13.2. The minimum Gasteiger partial charge on any atom is -0.399 e. The third kappa shape index (κ3) is 2.81. The monoisotopic (exact) mass is 279 g/mol. The van der Waals surface area contributed by atoms with Crippen LogP contribution in [0.1, 0.15) is 38.7 Å². The lowest BCUT2D eigenvalue weighted by Crippen LogP contribution is -2.23. The molecule has 1 saturated carbocycles. The molecule has 1 aromatic rings. The van der Waals surface area contributed by atoms with Gasteiger partial charge in [0.05, 0.1) is 12.2 Å². The van der Waals surface area contributed by atoms with Crippen LogP contribution in [0.15, 0.2) is 18.2 Å². The summed E-state index contributed by atoms with van der Waals surface area (Å²) in [5.41, 5.74) is 7.47. The van der Waals surface area contributed by atoms with Crippen molar-refractivity contribution in [2.45, 2.75) is 57.5 Å². The lowest BCUT2D eigenvalue weighted by Gasteiger charge is -2.20. The highest BCUT2D eigenvalue weighted by atomic mass is 19.1. The zero-order valence-electron chi connectivity index (χ0n) is 12.1. The molecule has 0 radical (unpaired) electrons. The van der Waals surface area contributed by atoms with Crippen LogP contribution in [0, 0.1) is 11.7 Å². The Labute approximate surface area is 119 Å². The summed E-state index contributed by atoms with van der Waals surface area (Å²) in [6.45, 7) is 3.93.